The maximum absolute atomic E-state index is 12.5. The third-order valence-electron chi connectivity index (χ3n) is 3.65. The van der Waals surface area contributed by atoms with Crippen LogP contribution in [0.15, 0.2) is 12.4 Å². The van der Waals surface area contributed by atoms with Crippen LogP contribution in [0.25, 0.3) is 0 Å². The Labute approximate surface area is 108 Å². The Kier molecular flexibility index (Phi) is 4.01. The van der Waals surface area contributed by atoms with Crippen molar-refractivity contribution in [1.82, 2.24) is 15.1 Å². The topological polar surface area (TPSA) is 59.0 Å². The molecule has 0 saturated carbocycles. The van der Waals surface area contributed by atoms with Crippen LogP contribution in [-0.2, 0) is 11.8 Å². The van der Waals surface area contributed by atoms with E-state index in [-0.39, 0.29) is 11.3 Å². The predicted octanol–water partition coefficient (Wildman–Crippen LogP) is 1.53. The lowest BCUT2D eigenvalue weighted by Crippen LogP contribution is -2.48. The van der Waals surface area contributed by atoms with E-state index >= 15 is 0 Å². The lowest BCUT2D eigenvalue weighted by Gasteiger charge is -2.36. The van der Waals surface area contributed by atoms with Crippen LogP contribution in [-0.4, -0.2) is 28.8 Å². The fourth-order valence-corrected chi connectivity index (χ4v) is 2.72. The standard InChI is InChI=1S/C13H22N4O/c1-3-5-13(6-4-7-14-10-13)12(18)16-11-8-15-17(2)9-11/h8-9,14H,3-7,10H2,1-2H3,(H,16,18). The Balaban J connectivity index is 2.08. The molecule has 2 heterocycles. The second kappa shape index (κ2) is 5.52. The van der Waals surface area contributed by atoms with Crippen LogP contribution < -0.4 is 10.6 Å². The smallest absolute Gasteiger partial charge is 0.231 e. The molecular weight excluding hydrogens is 228 g/mol. The quantitative estimate of drug-likeness (QED) is 0.852. The van der Waals surface area contributed by atoms with Crippen molar-refractivity contribution < 1.29 is 4.79 Å². The second-order valence-corrected chi connectivity index (χ2v) is 5.17. The average Bonchev–Trinajstić information content (AvgIpc) is 2.76. The van der Waals surface area contributed by atoms with E-state index in [4.69, 9.17) is 0 Å². The number of rotatable bonds is 4. The van der Waals surface area contributed by atoms with Crippen LogP contribution in [0.2, 0.25) is 0 Å². The summed E-state index contributed by atoms with van der Waals surface area (Å²) in [5.74, 6) is 0.129. The third-order valence-corrected chi connectivity index (χ3v) is 3.65. The monoisotopic (exact) mass is 250 g/mol. The molecule has 1 fully saturated rings. The number of carbonyl (C=O) groups excluding carboxylic acids is 1. The Morgan fingerprint density at radius 1 is 1.67 bits per heavy atom. The number of carbonyl (C=O) groups is 1. The largest absolute Gasteiger partial charge is 0.323 e. The Bertz CT molecular complexity index is 401. The van der Waals surface area contributed by atoms with Crippen LogP contribution in [0.1, 0.15) is 32.6 Å². The van der Waals surface area contributed by atoms with Gasteiger partial charge in [0, 0.05) is 19.8 Å². The first-order chi connectivity index (χ1) is 8.66. The maximum atomic E-state index is 12.5. The molecule has 5 heteroatoms. The number of amides is 1. The molecule has 0 bridgehead atoms. The molecule has 0 aromatic carbocycles. The van der Waals surface area contributed by atoms with Crippen molar-refractivity contribution in [3.05, 3.63) is 12.4 Å². The van der Waals surface area contributed by atoms with Crippen molar-refractivity contribution in [1.29, 1.82) is 0 Å². The number of hydrogen-bond acceptors (Lipinski definition) is 3. The van der Waals surface area contributed by atoms with Gasteiger partial charge in [-0.3, -0.25) is 9.48 Å². The Morgan fingerprint density at radius 2 is 2.50 bits per heavy atom. The first-order valence-electron chi connectivity index (χ1n) is 6.67. The zero-order valence-corrected chi connectivity index (χ0v) is 11.2. The van der Waals surface area contributed by atoms with Gasteiger partial charge in [0.15, 0.2) is 0 Å². The summed E-state index contributed by atoms with van der Waals surface area (Å²) in [5, 5.41) is 10.4. The van der Waals surface area contributed by atoms with Crippen LogP contribution >= 0.6 is 0 Å². The molecule has 1 amide bonds. The van der Waals surface area contributed by atoms with Gasteiger partial charge in [0.05, 0.1) is 17.3 Å². The van der Waals surface area contributed by atoms with E-state index in [1.165, 1.54) is 0 Å². The molecular formula is C13H22N4O. The van der Waals surface area contributed by atoms with E-state index in [9.17, 15) is 4.79 Å². The molecule has 5 nitrogen and oxygen atoms in total. The highest BCUT2D eigenvalue weighted by molar-refractivity contribution is 5.95. The van der Waals surface area contributed by atoms with Gasteiger partial charge in [-0.25, -0.2) is 0 Å². The number of nitrogens with zero attached hydrogens (tertiary/aromatic N) is 2. The molecule has 0 spiro atoms. The van der Waals surface area contributed by atoms with Crippen molar-refractivity contribution in [2.75, 3.05) is 18.4 Å². The van der Waals surface area contributed by atoms with Crippen molar-refractivity contribution in [2.24, 2.45) is 12.5 Å². The van der Waals surface area contributed by atoms with E-state index < -0.39 is 0 Å². The van der Waals surface area contributed by atoms with Crippen LogP contribution in [0.3, 0.4) is 0 Å². The van der Waals surface area contributed by atoms with Gasteiger partial charge < -0.3 is 10.6 Å². The van der Waals surface area contributed by atoms with Gasteiger partial charge in [-0.05, 0) is 25.8 Å². The third kappa shape index (κ3) is 2.72. The number of nitrogens with one attached hydrogen (secondary N) is 2. The minimum atomic E-state index is -0.247. The van der Waals surface area contributed by atoms with E-state index in [0.29, 0.717) is 0 Å². The SMILES string of the molecule is CCCC1(C(=O)Nc2cnn(C)c2)CCCNC1. The van der Waals surface area contributed by atoms with Gasteiger partial charge in [-0.1, -0.05) is 13.3 Å². The van der Waals surface area contributed by atoms with Gasteiger partial charge >= 0.3 is 0 Å². The van der Waals surface area contributed by atoms with E-state index in [0.717, 1.165) is 44.5 Å². The second-order valence-electron chi connectivity index (χ2n) is 5.17. The average molecular weight is 250 g/mol. The van der Waals surface area contributed by atoms with Crippen molar-refractivity contribution in [2.45, 2.75) is 32.6 Å². The molecule has 0 aliphatic carbocycles. The normalized spacial score (nSPS) is 23.9. The van der Waals surface area contributed by atoms with Crippen molar-refractivity contribution in [3.8, 4) is 0 Å². The fourth-order valence-electron chi connectivity index (χ4n) is 2.72. The molecule has 1 atom stereocenters. The van der Waals surface area contributed by atoms with E-state index in [1.807, 2.05) is 13.2 Å². The van der Waals surface area contributed by atoms with E-state index in [1.54, 1.807) is 10.9 Å². The Morgan fingerprint density at radius 3 is 3.06 bits per heavy atom. The summed E-state index contributed by atoms with van der Waals surface area (Å²) in [6.07, 6.45) is 7.52. The van der Waals surface area contributed by atoms with Crippen molar-refractivity contribution in [3.63, 3.8) is 0 Å². The van der Waals surface area contributed by atoms with Crippen LogP contribution in [0.5, 0.6) is 0 Å². The highest BCUT2D eigenvalue weighted by Gasteiger charge is 2.38. The number of aryl methyl sites for hydroxylation is 1. The minimum absolute atomic E-state index is 0.129. The molecule has 1 aliphatic heterocycles. The summed E-state index contributed by atoms with van der Waals surface area (Å²) < 4.78 is 1.70. The van der Waals surface area contributed by atoms with Gasteiger partial charge in [0.25, 0.3) is 0 Å². The van der Waals surface area contributed by atoms with Gasteiger partial charge in [0.1, 0.15) is 0 Å². The lowest BCUT2D eigenvalue weighted by molar-refractivity contribution is -0.127. The lowest BCUT2D eigenvalue weighted by atomic mass is 9.76. The highest BCUT2D eigenvalue weighted by atomic mass is 16.2. The number of anilines is 1. The molecule has 1 saturated heterocycles. The van der Waals surface area contributed by atoms with Gasteiger partial charge in [-0.2, -0.15) is 5.10 Å². The van der Waals surface area contributed by atoms with Gasteiger partial charge in [0.2, 0.25) is 5.91 Å². The summed E-state index contributed by atoms with van der Waals surface area (Å²) in [6, 6.07) is 0. The molecule has 1 unspecified atom stereocenters. The summed E-state index contributed by atoms with van der Waals surface area (Å²) in [5.41, 5.74) is 0.534. The molecule has 100 valence electrons. The molecule has 1 aliphatic rings. The summed E-state index contributed by atoms with van der Waals surface area (Å²) >= 11 is 0. The number of piperidine rings is 1. The fraction of sp³-hybridized carbons (Fsp3) is 0.692. The molecule has 1 aromatic rings. The summed E-state index contributed by atoms with van der Waals surface area (Å²) in [4.78, 5) is 12.5. The zero-order valence-electron chi connectivity index (χ0n) is 11.2. The minimum Gasteiger partial charge on any atom is -0.323 e. The van der Waals surface area contributed by atoms with Crippen LogP contribution in [0.4, 0.5) is 5.69 Å². The van der Waals surface area contributed by atoms with Crippen molar-refractivity contribution >= 4 is 11.6 Å². The molecule has 2 N–H and O–H groups in total. The summed E-state index contributed by atoms with van der Waals surface area (Å²) in [7, 11) is 1.85. The molecule has 1 aromatic heterocycles. The predicted molar refractivity (Wildman–Crippen MR) is 71.3 cm³/mol. The molecule has 18 heavy (non-hydrogen) atoms. The maximum Gasteiger partial charge on any atom is 0.231 e. The van der Waals surface area contributed by atoms with Gasteiger partial charge in [-0.15, -0.1) is 0 Å². The van der Waals surface area contributed by atoms with Crippen LogP contribution in [0, 0.1) is 5.41 Å². The number of aromatic nitrogens is 2. The summed E-state index contributed by atoms with van der Waals surface area (Å²) in [6.45, 7) is 3.94. The molecule has 0 radical (unpaired) electrons. The Hall–Kier alpha value is -1.36. The van der Waals surface area contributed by atoms with E-state index in [2.05, 4.69) is 22.7 Å². The molecule has 2 rings (SSSR count). The first-order valence-corrected chi connectivity index (χ1v) is 6.67. The number of hydrogen-bond donors (Lipinski definition) is 2. The zero-order chi connectivity index (χ0) is 13.0. The first kappa shape index (κ1) is 13.1. The highest BCUT2D eigenvalue weighted by Crippen LogP contribution is 2.33.